The summed E-state index contributed by atoms with van der Waals surface area (Å²) in [5.41, 5.74) is 3.00. The van der Waals surface area contributed by atoms with Crippen LogP contribution in [-0.4, -0.2) is 16.1 Å². The van der Waals surface area contributed by atoms with Gasteiger partial charge < -0.3 is 10.1 Å². The maximum absolute atomic E-state index is 10.9. The van der Waals surface area contributed by atoms with Gasteiger partial charge in [-0.15, -0.1) is 0 Å². The first kappa shape index (κ1) is 9.52. The minimum absolute atomic E-state index is 0.240. The van der Waals surface area contributed by atoms with Gasteiger partial charge in [-0.1, -0.05) is 24.3 Å². The van der Waals surface area contributed by atoms with Gasteiger partial charge in [0.25, 0.3) is 0 Å². The fraction of sp³-hybridized carbons (Fsp3) is 0.0833. The number of aryl methyl sites for hydroxylation is 1. The van der Waals surface area contributed by atoms with Crippen LogP contribution < -0.4 is 0 Å². The Morgan fingerprint density at radius 1 is 1.20 bits per heavy atom. The van der Waals surface area contributed by atoms with Crippen molar-refractivity contribution >= 4 is 5.97 Å². The number of H-pyrrole nitrogens is 1. The molecule has 0 radical (unpaired) electrons. The molecule has 15 heavy (non-hydrogen) atoms. The standard InChI is InChI=1S/C12H11NO2/c1-8-4-2-3-5-9(8)10-6-7-13-11(10)12(14)15/h2-7,13H,1H3,(H,14,15). The van der Waals surface area contributed by atoms with Crippen LogP contribution >= 0.6 is 0 Å². The normalized spacial score (nSPS) is 10.2. The first-order valence-electron chi connectivity index (χ1n) is 4.67. The van der Waals surface area contributed by atoms with Crippen LogP contribution in [0.15, 0.2) is 36.5 Å². The molecule has 3 nitrogen and oxygen atoms in total. The summed E-state index contributed by atoms with van der Waals surface area (Å²) in [5, 5.41) is 8.98. The Hall–Kier alpha value is -2.03. The minimum Gasteiger partial charge on any atom is -0.477 e. The number of aromatic amines is 1. The summed E-state index contributed by atoms with van der Waals surface area (Å²) in [4.78, 5) is 13.7. The van der Waals surface area contributed by atoms with E-state index in [1.165, 1.54) is 0 Å². The molecular weight excluding hydrogens is 190 g/mol. The van der Waals surface area contributed by atoms with E-state index in [0.29, 0.717) is 0 Å². The number of benzene rings is 1. The summed E-state index contributed by atoms with van der Waals surface area (Å²) in [6.07, 6.45) is 1.64. The van der Waals surface area contributed by atoms with Gasteiger partial charge in [0.15, 0.2) is 0 Å². The third kappa shape index (κ3) is 1.64. The van der Waals surface area contributed by atoms with Gasteiger partial charge in [0.1, 0.15) is 5.69 Å². The fourth-order valence-corrected chi connectivity index (χ4v) is 1.65. The van der Waals surface area contributed by atoms with Gasteiger partial charge in [0, 0.05) is 11.8 Å². The van der Waals surface area contributed by atoms with E-state index < -0.39 is 5.97 Å². The first-order chi connectivity index (χ1) is 7.20. The Bertz CT molecular complexity index is 500. The predicted molar refractivity (Wildman–Crippen MR) is 57.9 cm³/mol. The highest BCUT2D eigenvalue weighted by Gasteiger charge is 2.13. The molecule has 0 spiro atoms. The third-order valence-corrected chi connectivity index (χ3v) is 2.40. The zero-order valence-electron chi connectivity index (χ0n) is 8.32. The average molecular weight is 201 g/mol. The lowest BCUT2D eigenvalue weighted by Crippen LogP contribution is -1.99. The van der Waals surface area contributed by atoms with Crippen molar-refractivity contribution in [3.8, 4) is 11.1 Å². The van der Waals surface area contributed by atoms with Crippen molar-refractivity contribution in [1.29, 1.82) is 0 Å². The smallest absolute Gasteiger partial charge is 0.352 e. The second-order valence-electron chi connectivity index (χ2n) is 3.39. The van der Waals surface area contributed by atoms with Crippen molar-refractivity contribution in [3.05, 3.63) is 47.8 Å². The molecule has 0 aliphatic heterocycles. The van der Waals surface area contributed by atoms with Gasteiger partial charge in [-0.3, -0.25) is 0 Å². The molecule has 0 saturated heterocycles. The first-order valence-corrected chi connectivity index (χ1v) is 4.67. The molecule has 2 aromatic rings. The number of rotatable bonds is 2. The molecule has 0 fully saturated rings. The highest BCUT2D eigenvalue weighted by molar-refractivity contribution is 5.94. The van der Waals surface area contributed by atoms with Crippen LogP contribution in [0, 0.1) is 6.92 Å². The predicted octanol–water partition coefficient (Wildman–Crippen LogP) is 2.69. The van der Waals surface area contributed by atoms with Gasteiger partial charge >= 0.3 is 5.97 Å². The Morgan fingerprint density at radius 2 is 1.93 bits per heavy atom. The molecule has 2 N–H and O–H groups in total. The largest absolute Gasteiger partial charge is 0.477 e. The van der Waals surface area contributed by atoms with E-state index in [-0.39, 0.29) is 5.69 Å². The van der Waals surface area contributed by atoms with Crippen LogP contribution in [0.2, 0.25) is 0 Å². The van der Waals surface area contributed by atoms with Crippen molar-refractivity contribution in [3.63, 3.8) is 0 Å². The molecule has 0 saturated carbocycles. The van der Waals surface area contributed by atoms with Gasteiger partial charge in [-0.05, 0) is 24.1 Å². The molecule has 0 unspecified atom stereocenters. The Labute approximate surface area is 87.4 Å². The number of nitrogens with one attached hydrogen (secondary N) is 1. The third-order valence-electron chi connectivity index (χ3n) is 2.40. The molecule has 76 valence electrons. The molecule has 1 aromatic heterocycles. The van der Waals surface area contributed by atoms with Crippen LogP contribution in [0.4, 0.5) is 0 Å². The molecule has 0 bridgehead atoms. The highest BCUT2D eigenvalue weighted by Crippen LogP contribution is 2.25. The SMILES string of the molecule is Cc1ccccc1-c1cc[nH]c1C(=O)O. The van der Waals surface area contributed by atoms with Gasteiger partial charge in [0.05, 0.1) is 0 Å². The summed E-state index contributed by atoms with van der Waals surface area (Å²) in [6, 6.07) is 9.51. The minimum atomic E-state index is -0.932. The Morgan fingerprint density at radius 3 is 2.60 bits per heavy atom. The van der Waals surface area contributed by atoms with Crippen LogP contribution in [0.3, 0.4) is 0 Å². The molecule has 3 heteroatoms. The molecule has 0 aliphatic carbocycles. The lowest BCUT2D eigenvalue weighted by atomic mass is 10.0. The molecule has 0 amide bonds. The zero-order chi connectivity index (χ0) is 10.8. The van der Waals surface area contributed by atoms with Crippen molar-refractivity contribution in [2.75, 3.05) is 0 Å². The van der Waals surface area contributed by atoms with E-state index in [0.717, 1.165) is 16.7 Å². The van der Waals surface area contributed by atoms with Crippen molar-refractivity contribution in [2.45, 2.75) is 6.92 Å². The van der Waals surface area contributed by atoms with Gasteiger partial charge in [-0.25, -0.2) is 4.79 Å². The maximum Gasteiger partial charge on any atom is 0.352 e. The van der Waals surface area contributed by atoms with E-state index in [2.05, 4.69) is 4.98 Å². The lowest BCUT2D eigenvalue weighted by Gasteiger charge is -2.04. The Balaban J connectivity index is 2.59. The molecule has 0 aliphatic rings. The number of carboxylic acids is 1. The summed E-state index contributed by atoms with van der Waals surface area (Å²) >= 11 is 0. The quantitative estimate of drug-likeness (QED) is 0.784. The second kappa shape index (κ2) is 3.61. The number of carboxylic acid groups (broad SMARTS) is 1. The van der Waals surface area contributed by atoms with Crippen molar-refractivity contribution in [1.82, 2.24) is 4.98 Å². The van der Waals surface area contributed by atoms with Crippen LogP contribution in [0.25, 0.3) is 11.1 Å². The molecule has 0 atom stereocenters. The van der Waals surface area contributed by atoms with Crippen molar-refractivity contribution in [2.24, 2.45) is 0 Å². The van der Waals surface area contributed by atoms with Gasteiger partial charge in [0.2, 0.25) is 0 Å². The summed E-state index contributed by atoms with van der Waals surface area (Å²) in [7, 11) is 0. The van der Waals surface area contributed by atoms with E-state index in [1.807, 2.05) is 31.2 Å². The van der Waals surface area contributed by atoms with E-state index in [9.17, 15) is 4.79 Å². The topological polar surface area (TPSA) is 53.1 Å². The monoisotopic (exact) mass is 201 g/mol. The van der Waals surface area contributed by atoms with E-state index >= 15 is 0 Å². The summed E-state index contributed by atoms with van der Waals surface area (Å²) in [5.74, 6) is -0.932. The lowest BCUT2D eigenvalue weighted by molar-refractivity contribution is 0.0692. The molecular formula is C12H11NO2. The number of hydrogen-bond acceptors (Lipinski definition) is 1. The second-order valence-corrected chi connectivity index (χ2v) is 3.39. The Kier molecular flexibility index (Phi) is 2.29. The van der Waals surface area contributed by atoms with E-state index in [1.54, 1.807) is 12.3 Å². The van der Waals surface area contributed by atoms with E-state index in [4.69, 9.17) is 5.11 Å². The number of aromatic carboxylic acids is 1. The number of aromatic nitrogens is 1. The number of carbonyl (C=O) groups is 1. The van der Waals surface area contributed by atoms with Crippen LogP contribution in [0.5, 0.6) is 0 Å². The maximum atomic E-state index is 10.9. The zero-order valence-corrected chi connectivity index (χ0v) is 8.32. The van der Waals surface area contributed by atoms with Gasteiger partial charge in [-0.2, -0.15) is 0 Å². The highest BCUT2D eigenvalue weighted by atomic mass is 16.4. The summed E-state index contributed by atoms with van der Waals surface area (Å²) in [6.45, 7) is 1.97. The molecule has 1 aromatic carbocycles. The number of hydrogen-bond donors (Lipinski definition) is 2. The van der Waals surface area contributed by atoms with Crippen LogP contribution in [0.1, 0.15) is 16.1 Å². The van der Waals surface area contributed by atoms with Crippen LogP contribution in [-0.2, 0) is 0 Å². The molecule has 2 rings (SSSR count). The van der Waals surface area contributed by atoms with Crippen molar-refractivity contribution < 1.29 is 9.90 Å². The molecule has 1 heterocycles. The summed E-state index contributed by atoms with van der Waals surface area (Å²) < 4.78 is 0. The fourth-order valence-electron chi connectivity index (χ4n) is 1.65. The average Bonchev–Trinajstić information content (AvgIpc) is 2.67.